The molecule has 0 spiro atoms. The van der Waals surface area contributed by atoms with Gasteiger partial charge in [-0.3, -0.25) is 4.90 Å². The lowest BCUT2D eigenvalue weighted by Crippen LogP contribution is -2.50. The molecule has 1 aliphatic heterocycles. The van der Waals surface area contributed by atoms with Gasteiger partial charge in [0.15, 0.2) is 0 Å². The summed E-state index contributed by atoms with van der Waals surface area (Å²) in [6.07, 6.45) is 0.325. The molecule has 0 aliphatic carbocycles. The Morgan fingerprint density at radius 2 is 2.42 bits per heavy atom. The number of methoxy groups -OCH3 is 1. The zero-order chi connectivity index (χ0) is 8.97. The van der Waals surface area contributed by atoms with Crippen LogP contribution in [0.15, 0.2) is 0 Å². The van der Waals surface area contributed by atoms with Gasteiger partial charge in [-0.25, -0.2) is 3.53 Å². The first-order valence-electron chi connectivity index (χ1n) is 3.95. The second-order valence-electron chi connectivity index (χ2n) is 3.03. The number of halogens is 1. The van der Waals surface area contributed by atoms with Crippen LogP contribution in [0, 0.1) is 0 Å². The molecule has 12 heavy (non-hydrogen) atoms. The van der Waals surface area contributed by atoms with Gasteiger partial charge in [0.2, 0.25) is 0 Å². The summed E-state index contributed by atoms with van der Waals surface area (Å²) in [7, 11) is 3.79. The van der Waals surface area contributed by atoms with Gasteiger partial charge in [-0.15, -0.1) is 0 Å². The fourth-order valence-corrected chi connectivity index (χ4v) is 1.71. The molecule has 1 fully saturated rings. The van der Waals surface area contributed by atoms with E-state index in [9.17, 15) is 0 Å². The molecule has 1 aliphatic rings. The fraction of sp³-hybridized carbons (Fsp3) is 1.00. The number of morpholine rings is 1. The molecule has 5 heteroatoms. The van der Waals surface area contributed by atoms with Gasteiger partial charge in [-0.2, -0.15) is 0 Å². The molecule has 1 rings (SSSR count). The second kappa shape index (κ2) is 5.33. The van der Waals surface area contributed by atoms with Crippen LogP contribution in [-0.4, -0.2) is 51.1 Å². The SMILES string of the molecule is COC[C@@H]1CN(C)CC(NI)O1. The standard InChI is InChI=1S/C7H15IN2O2/c1-10-3-6(5-11-2)12-7(4-10)9-8/h6-7,9H,3-5H2,1-2H3/t6-,7?/m0/s1. The van der Waals surface area contributed by atoms with E-state index in [1.807, 2.05) is 0 Å². The van der Waals surface area contributed by atoms with E-state index in [2.05, 4.69) is 38.3 Å². The topological polar surface area (TPSA) is 33.7 Å². The van der Waals surface area contributed by atoms with E-state index in [4.69, 9.17) is 9.47 Å². The molecule has 0 amide bonds. The lowest BCUT2D eigenvalue weighted by Gasteiger charge is -2.34. The van der Waals surface area contributed by atoms with Crippen LogP contribution in [0.3, 0.4) is 0 Å². The normalized spacial score (nSPS) is 32.2. The van der Waals surface area contributed by atoms with E-state index in [-0.39, 0.29) is 12.3 Å². The first kappa shape index (κ1) is 10.6. The van der Waals surface area contributed by atoms with Gasteiger partial charge in [0.05, 0.1) is 12.7 Å². The molecule has 4 nitrogen and oxygen atoms in total. The van der Waals surface area contributed by atoms with Crippen LogP contribution in [0.2, 0.25) is 0 Å². The van der Waals surface area contributed by atoms with E-state index in [1.54, 1.807) is 7.11 Å². The molecule has 1 N–H and O–H groups in total. The number of nitrogens with one attached hydrogen (secondary N) is 1. The Morgan fingerprint density at radius 1 is 1.67 bits per heavy atom. The second-order valence-corrected chi connectivity index (χ2v) is 3.66. The first-order chi connectivity index (χ1) is 5.76. The quantitative estimate of drug-likeness (QED) is 0.595. The van der Waals surface area contributed by atoms with Crippen LogP contribution in [0.4, 0.5) is 0 Å². The Labute approximate surface area is 87.1 Å². The maximum atomic E-state index is 5.66. The number of rotatable bonds is 3. The predicted octanol–water partition coefficient (Wildman–Crippen LogP) is 0.229. The summed E-state index contributed by atoms with van der Waals surface area (Å²) in [6, 6.07) is 0. The summed E-state index contributed by atoms with van der Waals surface area (Å²) in [5, 5.41) is 0. The molecule has 1 unspecified atom stereocenters. The van der Waals surface area contributed by atoms with E-state index in [0.717, 1.165) is 13.1 Å². The van der Waals surface area contributed by atoms with E-state index < -0.39 is 0 Å². The lowest BCUT2D eigenvalue weighted by atomic mass is 10.3. The predicted molar refractivity (Wildman–Crippen MR) is 55.2 cm³/mol. The van der Waals surface area contributed by atoms with E-state index in [0.29, 0.717) is 6.61 Å². The minimum atomic E-state index is 0.129. The maximum Gasteiger partial charge on any atom is 0.129 e. The summed E-state index contributed by atoms with van der Waals surface area (Å²) < 4.78 is 13.8. The van der Waals surface area contributed by atoms with Crippen molar-refractivity contribution >= 4 is 22.9 Å². The summed E-state index contributed by atoms with van der Waals surface area (Å²) in [5.74, 6) is 0. The summed E-state index contributed by atoms with van der Waals surface area (Å²) >= 11 is 2.11. The summed E-state index contributed by atoms with van der Waals surface area (Å²) in [6.45, 7) is 2.55. The van der Waals surface area contributed by atoms with Crippen LogP contribution in [0.25, 0.3) is 0 Å². The first-order valence-corrected chi connectivity index (χ1v) is 5.03. The van der Waals surface area contributed by atoms with Crippen molar-refractivity contribution in [2.24, 2.45) is 0 Å². The lowest BCUT2D eigenvalue weighted by molar-refractivity contribution is -0.103. The van der Waals surface area contributed by atoms with Gasteiger partial charge < -0.3 is 9.47 Å². The van der Waals surface area contributed by atoms with Gasteiger partial charge in [0.25, 0.3) is 0 Å². The third-order valence-corrected chi connectivity index (χ3v) is 2.52. The van der Waals surface area contributed by atoms with Crippen molar-refractivity contribution in [2.45, 2.75) is 12.3 Å². The Morgan fingerprint density at radius 3 is 3.00 bits per heavy atom. The largest absolute Gasteiger partial charge is 0.382 e. The van der Waals surface area contributed by atoms with Crippen molar-refractivity contribution in [3.8, 4) is 0 Å². The number of hydrogen-bond acceptors (Lipinski definition) is 4. The Balaban J connectivity index is 2.34. The minimum absolute atomic E-state index is 0.129. The van der Waals surface area contributed by atoms with Crippen molar-refractivity contribution in [1.82, 2.24) is 8.43 Å². The highest BCUT2D eigenvalue weighted by molar-refractivity contribution is 14.1. The number of likely N-dealkylation sites (N-methyl/N-ethyl adjacent to an activating group) is 1. The monoisotopic (exact) mass is 286 g/mol. The van der Waals surface area contributed by atoms with E-state index >= 15 is 0 Å². The summed E-state index contributed by atoms with van der Waals surface area (Å²) in [4.78, 5) is 2.24. The van der Waals surface area contributed by atoms with Gasteiger partial charge in [-0.1, -0.05) is 0 Å². The molecule has 0 saturated carbocycles. The van der Waals surface area contributed by atoms with Gasteiger partial charge in [0, 0.05) is 43.1 Å². The molecule has 0 aromatic carbocycles. The smallest absolute Gasteiger partial charge is 0.129 e. The number of nitrogens with zero attached hydrogens (tertiary/aromatic N) is 1. The van der Waals surface area contributed by atoms with Crippen LogP contribution in [0.1, 0.15) is 0 Å². The van der Waals surface area contributed by atoms with Crippen molar-refractivity contribution < 1.29 is 9.47 Å². The fourth-order valence-electron chi connectivity index (χ4n) is 1.36. The molecule has 72 valence electrons. The highest BCUT2D eigenvalue weighted by atomic mass is 127. The Hall–Kier alpha value is 0.570. The zero-order valence-electron chi connectivity index (χ0n) is 7.42. The Kier molecular flexibility index (Phi) is 4.73. The van der Waals surface area contributed by atoms with Gasteiger partial charge >= 0.3 is 0 Å². The number of hydrogen-bond donors (Lipinski definition) is 1. The van der Waals surface area contributed by atoms with Crippen LogP contribution < -0.4 is 3.53 Å². The average Bonchev–Trinajstić information content (AvgIpc) is 2.04. The Bertz CT molecular complexity index is 137. The molecule has 0 aromatic heterocycles. The van der Waals surface area contributed by atoms with Crippen molar-refractivity contribution in [2.75, 3.05) is 33.9 Å². The molecule has 0 bridgehead atoms. The van der Waals surface area contributed by atoms with Crippen LogP contribution >= 0.6 is 22.9 Å². The minimum Gasteiger partial charge on any atom is -0.382 e. The van der Waals surface area contributed by atoms with Crippen molar-refractivity contribution in [3.05, 3.63) is 0 Å². The highest BCUT2D eigenvalue weighted by Gasteiger charge is 2.24. The molecule has 1 heterocycles. The third-order valence-electron chi connectivity index (χ3n) is 1.82. The average molecular weight is 286 g/mol. The summed E-state index contributed by atoms with van der Waals surface area (Å²) in [5.41, 5.74) is 0. The van der Waals surface area contributed by atoms with Crippen molar-refractivity contribution in [1.29, 1.82) is 0 Å². The number of ether oxygens (including phenoxy) is 2. The molecule has 1 saturated heterocycles. The molecule has 2 atom stereocenters. The third kappa shape index (κ3) is 3.14. The molecular weight excluding hydrogens is 271 g/mol. The highest BCUT2D eigenvalue weighted by Crippen LogP contribution is 2.08. The maximum absolute atomic E-state index is 5.66. The van der Waals surface area contributed by atoms with Crippen LogP contribution in [0.5, 0.6) is 0 Å². The van der Waals surface area contributed by atoms with Crippen molar-refractivity contribution in [3.63, 3.8) is 0 Å². The van der Waals surface area contributed by atoms with Gasteiger partial charge in [0.1, 0.15) is 6.23 Å². The van der Waals surface area contributed by atoms with E-state index in [1.165, 1.54) is 0 Å². The molecule has 0 aromatic rings. The molecular formula is C7H15IN2O2. The van der Waals surface area contributed by atoms with Gasteiger partial charge in [-0.05, 0) is 7.05 Å². The molecule has 0 radical (unpaired) electrons. The van der Waals surface area contributed by atoms with Crippen LogP contribution in [-0.2, 0) is 9.47 Å². The zero-order valence-corrected chi connectivity index (χ0v) is 9.58.